The fraction of sp³-hybridized carbons (Fsp3) is 0.238. The first-order valence-corrected chi connectivity index (χ1v) is 9.89. The number of aryl methyl sites for hydroxylation is 1. The van der Waals surface area contributed by atoms with Gasteiger partial charge in [0.25, 0.3) is 0 Å². The lowest BCUT2D eigenvalue weighted by Crippen LogP contribution is -2.47. The molecule has 2 aromatic carbocycles. The third-order valence-corrected chi connectivity index (χ3v) is 5.42. The van der Waals surface area contributed by atoms with Crippen molar-refractivity contribution in [1.29, 1.82) is 0 Å². The first-order valence-electron chi connectivity index (χ1n) is 9.51. The molecule has 0 bridgehead atoms. The molecule has 3 aromatic rings. The van der Waals surface area contributed by atoms with Gasteiger partial charge in [0.15, 0.2) is 0 Å². The molecule has 0 radical (unpaired) electrons. The van der Waals surface area contributed by atoms with Gasteiger partial charge < -0.3 is 14.5 Å². The molecule has 0 amide bonds. The van der Waals surface area contributed by atoms with Gasteiger partial charge in [-0.1, -0.05) is 29.8 Å². The molecule has 0 aliphatic carbocycles. The minimum absolute atomic E-state index is 0.0859. The lowest BCUT2D eigenvalue weighted by molar-refractivity contribution is -0.385. The molecule has 0 spiro atoms. The summed E-state index contributed by atoms with van der Waals surface area (Å²) in [6, 6.07) is 15.1. The summed E-state index contributed by atoms with van der Waals surface area (Å²) < 4.78 is 5.74. The predicted molar refractivity (Wildman–Crippen MR) is 116 cm³/mol. The summed E-state index contributed by atoms with van der Waals surface area (Å²) in [6.07, 6.45) is 1.30. The molecule has 1 fully saturated rings. The number of nitrogens with zero attached hydrogens (tertiary/aromatic N) is 5. The van der Waals surface area contributed by atoms with Crippen molar-refractivity contribution in [2.24, 2.45) is 0 Å². The number of piperazine rings is 1. The molecule has 0 saturated carbocycles. The molecule has 0 atom stereocenters. The number of nitro groups is 1. The zero-order valence-corrected chi connectivity index (χ0v) is 17.1. The van der Waals surface area contributed by atoms with E-state index in [1.165, 1.54) is 6.33 Å². The summed E-state index contributed by atoms with van der Waals surface area (Å²) in [7, 11) is 0. The molecule has 0 unspecified atom stereocenters. The van der Waals surface area contributed by atoms with Crippen LogP contribution in [0.1, 0.15) is 5.56 Å². The minimum atomic E-state index is -0.489. The van der Waals surface area contributed by atoms with Crippen LogP contribution >= 0.6 is 11.6 Å². The maximum Gasteiger partial charge on any atom is 0.373 e. The van der Waals surface area contributed by atoms with E-state index in [1.54, 1.807) is 18.2 Å². The predicted octanol–water partition coefficient (Wildman–Crippen LogP) is 4.47. The second-order valence-electron chi connectivity index (χ2n) is 6.93. The van der Waals surface area contributed by atoms with Crippen LogP contribution in [0.15, 0.2) is 54.9 Å². The van der Waals surface area contributed by atoms with Crippen LogP contribution in [0.2, 0.25) is 5.02 Å². The standard InChI is InChI=1S/C21H20ClN5O3/c1-15-13-17(7-8-18(15)22)30-21-19(27(28)29)20(23-14-24-21)26-11-9-25(10-12-26)16-5-3-2-4-6-16/h2-8,13-14H,9-12H2,1H3. The van der Waals surface area contributed by atoms with Gasteiger partial charge >= 0.3 is 11.6 Å². The Morgan fingerprint density at radius 1 is 1.03 bits per heavy atom. The van der Waals surface area contributed by atoms with Gasteiger partial charge in [-0.05, 0) is 42.8 Å². The quantitative estimate of drug-likeness (QED) is 0.440. The molecule has 4 rings (SSSR count). The fourth-order valence-electron chi connectivity index (χ4n) is 3.43. The summed E-state index contributed by atoms with van der Waals surface area (Å²) in [6.45, 7) is 4.51. The van der Waals surface area contributed by atoms with Gasteiger partial charge in [0, 0.05) is 36.9 Å². The van der Waals surface area contributed by atoms with Crippen molar-refractivity contribution >= 4 is 28.8 Å². The summed E-state index contributed by atoms with van der Waals surface area (Å²) in [5, 5.41) is 12.5. The highest BCUT2D eigenvalue weighted by molar-refractivity contribution is 6.31. The van der Waals surface area contributed by atoms with Crippen LogP contribution in [0.3, 0.4) is 0 Å². The molecule has 0 N–H and O–H groups in total. The lowest BCUT2D eigenvalue weighted by Gasteiger charge is -2.36. The first kappa shape index (κ1) is 19.9. The van der Waals surface area contributed by atoms with Crippen LogP contribution in [0.5, 0.6) is 11.6 Å². The van der Waals surface area contributed by atoms with Crippen LogP contribution in [0.4, 0.5) is 17.2 Å². The smallest absolute Gasteiger partial charge is 0.373 e. The van der Waals surface area contributed by atoms with Crippen LogP contribution in [-0.2, 0) is 0 Å². The molecule has 1 aromatic heterocycles. The second-order valence-corrected chi connectivity index (χ2v) is 7.34. The van der Waals surface area contributed by atoms with Crippen molar-refractivity contribution in [2.75, 3.05) is 36.0 Å². The Hall–Kier alpha value is -3.39. The molecule has 1 aliphatic rings. The van der Waals surface area contributed by atoms with Gasteiger partial charge in [0.05, 0.1) is 4.92 Å². The Morgan fingerprint density at radius 2 is 1.73 bits per heavy atom. The number of para-hydroxylation sites is 1. The van der Waals surface area contributed by atoms with Gasteiger partial charge in [-0.3, -0.25) is 10.1 Å². The number of hydrogen-bond acceptors (Lipinski definition) is 7. The van der Waals surface area contributed by atoms with Gasteiger partial charge in [-0.25, -0.2) is 4.98 Å². The average molecular weight is 426 g/mol. The van der Waals surface area contributed by atoms with E-state index >= 15 is 0 Å². The number of ether oxygens (including phenoxy) is 1. The third-order valence-electron chi connectivity index (χ3n) is 5.00. The van der Waals surface area contributed by atoms with Crippen molar-refractivity contribution in [1.82, 2.24) is 9.97 Å². The van der Waals surface area contributed by atoms with Crippen molar-refractivity contribution in [2.45, 2.75) is 6.92 Å². The fourth-order valence-corrected chi connectivity index (χ4v) is 3.54. The number of halogens is 1. The SMILES string of the molecule is Cc1cc(Oc2ncnc(N3CCN(c4ccccc4)CC3)c2[N+](=O)[O-])ccc1Cl. The highest BCUT2D eigenvalue weighted by atomic mass is 35.5. The topological polar surface area (TPSA) is 84.6 Å². The molecule has 30 heavy (non-hydrogen) atoms. The van der Waals surface area contributed by atoms with Crippen molar-refractivity contribution in [3.05, 3.63) is 75.6 Å². The van der Waals surface area contributed by atoms with Gasteiger partial charge in [0.1, 0.15) is 12.1 Å². The van der Waals surface area contributed by atoms with Crippen LogP contribution in [0.25, 0.3) is 0 Å². The van der Waals surface area contributed by atoms with Gasteiger partial charge in [-0.2, -0.15) is 4.98 Å². The van der Waals surface area contributed by atoms with Crippen LogP contribution in [0, 0.1) is 17.0 Å². The molecule has 1 aliphatic heterocycles. The van der Waals surface area contributed by atoms with Crippen molar-refractivity contribution in [3.8, 4) is 11.6 Å². The number of aromatic nitrogens is 2. The Morgan fingerprint density at radius 3 is 2.40 bits per heavy atom. The van der Waals surface area contributed by atoms with E-state index in [4.69, 9.17) is 16.3 Å². The summed E-state index contributed by atoms with van der Waals surface area (Å²) in [5.41, 5.74) is 1.71. The largest absolute Gasteiger partial charge is 0.434 e. The van der Waals surface area contributed by atoms with E-state index < -0.39 is 4.92 Å². The molecule has 154 valence electrons. The summed E-state index contributed by atoms with van der Waals surface area (Å²) >= 11 is 6.05. The number of rotatable bonds is 5. The maximum absolute atomic E-state index is 11.9. The molecule has 9 heteroatoms. The summed E-state index contributed by atoms with van der Waals surface area (Å²) in [4.78, 5) is 23.8. The van der Waals surface area contributed by atoms with E-state index in [2.05, 4.69) is 27.0 Å². The molecule has 2 heterocycles. The van der Waals surface area contributed by atoms with Gasteiger partial charge in [0.2, 0.25) is 5.82 Å². The van der Waals surface area contributed by atoms with Crippen LogP contribution in [-0.4, -0.2) is 41.1 Å². The van der Waals surface area contributed by atoms with E-state index in [0.29, 0.717) is 23.9 Å². The van der Waals surface area contributed by atoms with E-state index in [0.717, 1.165) is 24.3 Å². The van der Waals surface area contributed by atoms with Crippen LogP contribution < -0.4 is 14.5 Å². The Balaban J connectivity index is 1.57. The summed E-state index contributed by atoms with van der Waals surface area (Å²) in [5.74, 6) is 0.610. The molecular weight excluding hydrogens is 406 g/mol. The zero-order valence-electron chi connectivity index (χ0n) is 16.4. The molecule has 1 saturated heterocycles. The highest BCUT2D eigenvalue weighted by Gasteiger charge is 2.30. The number of benzene rings is 2. The monoisotopic (exact) mass is 425 g/mol. The van der Waals surface area contributed by atoms with Crippen molar-refractivity contribution in [3.63, 3.8) is 0 Å². The third kappa shape index (κ3) is 4.13. The Kier molecular flexibility index (Phi) is 5.67. The Labute approximate surface area is 178 Å². The van der Waals surface area contributed by atoms with E-state index in [9.17, 15) is 10.1 Å². The normalized spacial score (nSPS) is 13.9. The minimum Gasteiger partial charge on any atom is -0.434 e. The number of anilines is 2. The Bertz CT molecular complexity index is 1060. The zero-order chi connectivity index (χ0) is 21.1. The molecule has 8 nitrogen and oxygen atoms in total. The highest BCUT2D eigenvalue weighted by Crippen LogP contribution is 2.37. The lowest BCUT2D eigenvalue weighted by atomic mass is 10.2. The van der Waals surface area contributed by atoms with Gasteiger partial charge in [-0.15, -0.1) is 0 Å². The van der Waals surface area contributed by atoms with E-state index in [-0.39, 0.29) is 17.4 Å². The average Bonchev–Trinajstić information content (AvgIpc) is 2.77. The van der Waals surface area contributed by atoms with E-state index in [1.807, 2.05) is 30.0 Å². The van der Waals surface area contributed by atoms with Crippen molar-refractivity contribution < 1.29 is 9.66 Å². The molecular formula is C21H20ClN5O3. The number of hydrogen-bond donors (Lipinski definition) is 0. The first-order chi connectivity index (χ1) is 14.5. The maximum atomic E-state index is 11.9. The second kappa shape index (κ2) is 8.54.